The highest BCUT2D eigenvalue weighted by Gasteiger charge is 2.19. The van der Waals surface area contributed by atoms with Crippen LogP contribution in [0, 0.1) is 5.92 Å². The Labute approximate surface area is 107 Å². The van der Waals surface area contributed by atoms with E-state index in [-0.39, 0.29) is 0 Å². The van der Waals surface area contributed by atoms with E-state index in [4.69, 9.17) is 10.8 Å². The fourth-order valence-electron chi connectivity index (χ4n) is 2.17. The third-order valence-corrected chi connectivity index (χ3v) is 3.22. The first kappa shape index (κ1) is 12.7. The van der Waals surface area contributed by atoms with Crippen molar-refractivity contribution in [2.24, 2.45) is 11.7 Å². The van der Waals surface area contributed by atoms with Crippen molar-refractivity contribution < 1.29 is 9.90 Å². The third-order valence-electron chi connectivity index (χ3n) is 3.22. The number of nitrogens with two attached hydrogens (primary N) is 1. The number of fused-ring (bicyclic) bond motifs is 1. The molecule has 1 unspecified atom stereocenters. The topological polar surface area (TPSA) is 78.6 Å². The summed E-state index contributed by atoms with van der Waals surface area (Å²) in [7, 11) is 0. The summed E-state index contributed by atoms with van der Waals surface area (Å²) in [6.45, 7) is 5.43. The molecule has 1 aromatic carbocycles. The molecule has 5 heteroatoms. The van der Waals surface area contributed by atoms with Gasteiger partial charge in [0.25, 0.3) is 0 Å². The van der Waals surface area contributed by atoms with E-state index in [1.807, 2.05) is 6.07 Å². The van der Waals surface area contributed by atoms with Crippen LogP contribution in [0.15, 0.2) is 18.2 Å². The summed E-state index contributed by atoms with van der Waals surface area (Å²) in [6.07, 6.45) is 0. The maximum Gasteiger partial charge on any atom is 0.335 e. The van der Waals surface area contributed by atoms with Gasteiger partial charge in [0.2, 0.25) is 0 Å². The number of carboxylic acids is 1. The lowest BCUT2D eigenvalue weighted by atomic mass is 10.1. The number of nitrogens with one attached hydrogen (secondary N) is 1. The van der Waals surface area contributed by atoms with Gasteiger partial charge in [-0.15, -0.1) is 0 Å². The van der Waals surface area contributed by atoms with Crippen LogP contribution in [0.2, 0.25) is 0 Å². The zero-order valence-corrected chi connectivity index (χ0v) is 10.5. The lowest BCUT2D eigenvalue weighted by molar-refractivity contribution is 0.0697. The SMILES string of the molecule is CC(CN)CN1CCNc2cc(C(=O)O)ccc21. The molecule has 1 aliphatic rings. The van der Waals surface area contributed by atoms with Crippen LogP contribution in [-0.2, 0) is 0 Å². The van der Waals surface area contributed by atoms with Crippen molar-refractivity contribution >= 4 is 17.3 Å². The van der Waals surface area contributed by atoms with Gasteiger partial charge in [-0.1, -0.05) is 6.92 Å². The van der Waals surface area contributed by atoms with Gasteiger partial charge < -0.3 is 21.1 Å². The minimum Gasteiger partial charge on any atom is -0.478 e. The van der Waals surface area contributed by atoms with Gasteiger partial charge in [0.15, 0.2) is 0 Å². The van der Waals surface area contributed by atoms with E-state index in [9.17, 15) is 4.79 Å². The molecule has 0 aromatic heterocycles. The van der Waals surface area contributed by atoms with E-state index in [2.05, 4.69) is 17.1 Å². The molecule has 1 atom stereocenters. The Bertz CT molecular complexity index is 448. The second-order valence-electron chi connectivity index (χ2n) is 4.75. The second-order valence-corrected chi connectivity index (χ2v) is 4.75. The summed E-state index contributed by atoms with van der Waals surface area (Å²) in [6, 6.07) is 5.21. The second kappa shape index (κ2) is 5.27. The number of hydrogen-bond acceptors (Lipinski definition) is 4. The van der Waals surface area contributed by atoms with Crippen molar-refractivity contribution in [2.45, 2.75) is 6.92 Å². The zero-order valence-electron chi connectivity index (χ0n) is 10.5. The molecule has 0 amide bonds. The average molecular weight is 249 g/mol. The predicted octanol–water partition coefficient (Wildman–Crippen LogP) is 1.21. The molecular formula is C13H19N3O2. The van der Waals surface area contributed by atoms with Gasteiger partial charge in [-0.3, -0.25) is 0 Å². The Morgan fingerprint density at radius 3 is 3.06 bits per heavy atom. The summed E-state index contributed by atoms with van der Waals surface area (Å²) in [5.41, 5.74) is 7.92. The molecular weight excluding hydrogens is 230 g/mol. The molecule has 0 aliphatic carbocycles. The summed E-state index contributed by atoms with van der Waals surface area (Å²) >= 11 is 0. The number of aromatic carboxylic acids is 1. The molecule has 5 nitrogen and oxygen atoms in total. The summed E-state index contributed by atoms with van der Waals surface area (Å²) in [5, 5.41) is 12.2. The third kappa shape index (κ3) is 2.56. The van der Waals surface area contributed by atoms with Gasteiger partial charge in [0.1, 0.15) is 0 Å². The molecule has 1 heterocycles. The molecule has 0 spiro atoms. The lowest BCUT2D eigenvalue weighted by Crippen LogP contribution is -2.38. The summed E-state index contributed by atoms with van der Waals surface area (Å²) in [4.78, 5) is 13.2. The molecule has 0 saturated heterocycles. The Kier molecular flexibility index (Phi) is 3.72. The van der Waals surface area contributed by atoms with Crippen LogP contribution in [0.3, 0.4) is 0 Å². The minimum absolute atomic E-state index is 0.315. The van der Waals surface area contributed by atoms with E-state index >= 15 is 0 Å². The van der Waals surface area contributed by atoms with Crippen LogP contribution in [-0.4, -0.2) is 37.3 Å². The molecule has 98 valence electrons. The quantitative estimate of drug-likeness (QED) is 0.747. The van der Waals surface area contributed by atoms with Crippen LogP contribution in [0.4, 0.5) is 11.4 Å². The molecule has 0 radical (unpaired) electrons. The first-order chi connectivity index (χ1) is 8.61. The van der Waals surface area contributed by atoms with Crippen molar-refractivity contribution in [3.05, 3.63) is 23.8 Å². The number of carboxylic acid groups (broad SMARTS) is 1. The standard InChI is InChI=1S/C13H19N3O2/c1-9(7-14)8-16-5-4-15-11-6-10(13(17)18)2-3-12(11)16/h2-3,6,9,15H,4-5,7-8,14H2,1H3,(H,17,18). The largest absolute Gasteiger partial charge is 0.478 e. The fourth-order valence-corrected chi connectivity index (χ4v) is 2.17. The smallest absolute Gasteiger partial charge is 0.335 e. The highest BCUT2D eigenvalue weighted by Crippen LogP contribution is 2.30. The molecule has 0 saturated carbocycles. The van der Waals surface area contributed by atoms with Crippen molar-refractivity contribution in [3.63, 3.8) is 0 Å². The first-order valence-electron chi connectivity index (χ1n) is 6.18. The summed E-state index contributed by atoms with van der Waals surface area (Å²) in [5.74, 6) is -0.470. The summed E-state index contributed by atoms with van der Waals surface area (Å²) < 4.78 is 0. The Hall–Kier alpha value is -1.75. The van der Waals surface area contributed by atoms with Gasteiger partial charge in [0, 0.05) is 19.6 Å². The van der Waals surface area contributed by atoms with E-state index in [1.165, 1.54) is 0 Å². The van der Waals surface area contributed by atoms with Crippen molar-refractivity contribution in [3.8, 4) is 0 Å². The molecule has 0 bridgehead atoms. The number of hydrogen-bond donors (Lipinski definition) is 3. The van der Waals surface area contributed by atoms with Gasteiger partial charge in [-0.05, 0) is 30.7 Å². The molecule has 1 aromatic rings. The maximum absolute atomic E-state index is 10.9. The van der Waals surface area contributed by atoms with Gasteiger partial charge in [-0.2, -0.15) is 0 Å². The van der Waals surface area contributed by atoms with E-state index in [0.717, 1.165) is 31.0 Å². The van der Waals surface area contributed by atoms with Gasteiger partial charge in [-0.25, -0.2) is 4.79 Å². The van der Waals surface area contributed by atoms with Crippen LogP contribution < -0.4 is 16.0 Å². The normalized spacial score (nSPS) is 15.8. The van der Waals surface area contributed by atoms with Crippen LogP contribution in [0.25, 0.3) is 0 Å². The fraction of sp³-hybridized carbons (Fsp3) is 0.462. The van der Waals surface area contributed by atoms with Crippen LogP contribution in [0.5, 0.6) is 0 Å². The number of rotatable bonds is 4. The van der Waals surface area contributed by atoms with Crippen molar-refractivity contribution in [1.29, 1.82) is 0 Å². The van der Waals surface area contributed by atoms with E-state index < -0.39 is 5.97 Å². The van der Waals surface area contributed by atoms with Gasteiger partial charge in [0.05, 0.1) is 16.9 Å². The lowest BCUT2D eigenvalue weighted by Gasteiger charge is -2.33. The Morgan fingerprint density at radius 1 is 1.61 bits per heavy atom. The van der Waals surface area contributed by atoms with Crippen molar-refractivity contribution in [1.82, 2.24) is 0 Å². The number of benzene rings is 1. The number of nitrogens with zero attached hydrogens (tertiary/aromatic N) is 1. The highest BCUT2D eigenvalue weighted by atomic mass is 16.4. The Balaban J connectivity index is 2.24. The van der Waals surface area contributed by atoms with E-state index in [0.29, 0.717) is 18.0 Å². The van der Waals surface area contributed by atoms with Gasteiger partial charge >= 0.3 is 5.97 Å². The zero-order chi connectivity index (χ0) is 13.1. The van der Waals surface area contributed by atoms with Crippen LogP contribution in [0.1, 0.15) is 17.3 Å². The molecule has 18 heavy (non-hydrogen) atoms. The van der Waals surface area contributed by atoms with Crippen molar-refractivity contribution in [2.75, 3.05) is 36.4 Å². The monoisotopic (exact) mass is 249 g/mol. The first-order valence-corrected chi connectivity index (χ1v) is 6.18. The molecule has 0 fully saturated rings. The van der Waals surface area contributed by atoms with E-state index in [1.54, 1.807) is 12.1 Å². The minimum atomic E-state index is -0.896. The molecule has 4 N–H and O–H groups in total. The molecule has 2 rings (SSSR count). The van der Waals surface area contributed by atoms with Crippen LogP contribution >= 0.6 is 0 Å². The Morgan fingerprint density at radius 2 is 2.39 bits per heavy atom. The maximum atomic E-state index is 10.9. The highest BCUT2D eigenvalue weighted by molar-refractivity contribution is 5.91. The average Bonchev–Trinajstić information content (AvgIpc) is 2.38. The number of anilines is 2. The molecule has 1 aliphatic heterocycles. The number of carbonyl (C=O) groups is 1. The predicted molar refractivity (Wildman–Crippen MR) is 72.3 cm³/mol.